The van der Waals surface area contributed by atoms with Gasteiger partial charge in [0.25, 0.3) is 0 Å². The molecule has 0 unspecified atom stereocenters. The summed E-state index contributed by atoms with van der Waals surface area (Å²) < 4.78 is 15.2. The van der Waals surface area contributed by atoms with E-state index in [0.29, 0.717) is 0 Å². The molecule has 1 aliphatic heterocycles. The van der Waals surface area contributed by atoms with Crippen LogP contribution in [0.25, 0.3) is 16.9 Å². The molecule has 0 N–H and O–H groups in total. The summed E-state index contributed by atoms with van der Waals surface area (Å²) in [7, 11) is 0. The first-order valence-corrected chi connectivity index (χ1v) is 6.70. The van der Waals surface area contributed by atoms with Gasteiger partial charge in [-0.2, -0.15) is 0 Å². The molecule has 2 nitrogen and oxygen atoms in total. The van der Waals surface area contributed by atoms with Crippen LogP contribution in [-0.4, -0.2) is 9.38 Å². The van der Waals surface area contributed by atoms with Gasteiger partial charge in [0.1, 0.15) is 11.5 Å². The van der Waals surface area contributed by atoms with Gasteiger partial charge in [-0.25, -0.2) is 9.37 Å². The van der Waals surface area contributed by atoms with Crippen molar-refractivity contribution < 1.29 is 4.39 Å². The number of benzene rings is 1. The summed E-state index contributed by atoms with van der Waals surface area (Å²) in [4.78, 5) is 5.86. The van der Waals surface area contributed by atoms with Gasteiger partial charge >= 0.3 is 0 Å². The molecule has 1 aromatic carbocycles. The number of thioether (sulfide) groups is 1. The van der Waals surface area contributed by atoms with Gasteiger partial charge in [0.2, 0.25) is 0 Å². The van der Waals surface area contributed by atoms with Crippen LogP contribution in [0.1, 0.15) is 5.69 Å². The maximum absolute atomic E-state index is 13.3. The molecular weight excluding hydrogens is 247 g/mol. The third kappa shape index (κ3) is 1.32. The summed E-state index contributed by atoms with van der Waals surface area (Å²) in [5.41, 5.74) is 4.01. The van der Waals surface area contributed by atoms with Crippen LogP contribution in [-0.2, 0) is 5.75 Å². The van der Waals surface area contributed by atoms with E-state index in [1.54, 1.807) is 17.8 Å². The van der Waals surface area contributed by atoms with E-state index in [-0.39, 0.29) is 5.82 Å². The van der Waals surface area contributed by atoms with Gasteiger partial charge in [0.05, 0.1) is 11.4 Å². The van der Waals surface area contributed by atoms with Crippen molar-refractivity contribution in [2.24, 2.45) is 0 Å². The van der Waals surface area contributed by atoms with Gasteiger partial charge in [0.15, 0.2) is 0 Å². The van der Waals surface area contributed by atoms with E-state index in [9.17, 15) is 4.39 Å². The predicted octanol–water partition coefficient (Wildman–Crippen LogP) is 3.75. The number of nitrogens with zero attached hydrogens (tertiary/aromatic N) is 2. The average molecular weight is 256 g/mol. The van der Waals surface area contributed by atoms with Crippen LogP contribution < -0.4 is 0 Å². The summed E-state index contributed by atoms with van der Waals surface area (Å²) in [6.45, 7) is 0. The molecule has 0 spiro atoms. The molecule has 2 aromatic heterocycles. The molecule has 1 aliphatic rings. The Hall–Kier alpha value is -1.81. The Morgan fingerprint density at radius 1 is 1.17 bits per heavy atom. The topological polar surface area (TPSA) is 17.3 Å². The fraction of sp³-hybridized carbons (Fsp3) is 0.0714. The standard InChI is InChI=1S/C14H9FN2S/c15-9-5-6-13-16-14-10-3-1-2-4-12(10)18-8-11(14)17(13)7-9/h1-7H,8H2. The molecule has 0 amide bonds. The van der Waals surface area contributed by atoms with Crippen molar-refractivity contribution in [3.8, 4) is 11.3 Å². The monoisotopic (exact) mass is 256 g/mol. The first kappa shape index (κ1) is 10.1. The zero-order chi connectivity index (χ0) is 12.1. The normalized spacial score (nSPS) is 13.4. The summed E-state index contributed by atoms with van der Waals surface area (Å²) in [5.74, 6) is 0.600. The Bertz CT molecular complexity index is 764. The average Bonchev–Trinajstić information content (AvgIpc) is 2.77. The number of halogens is 1. The van der Waals surface area contributed by atoms with Crippen molar-refractivity contribution in [3.63, 3.8) is 0 Å². The lowest BCUT2D eigenvalue weighted by molar-refractivity contribution is 0.618. The van der Waals surface area contributed by atoms with E-state index in [0.717, 1.165) is 28.4 Å². The minimum absolute atomic E-state index is 0.230. The molecule has 0 saturated carbocycles. The molecule has 3 aromatic rings. The minimum Gasteiger partial charge on any atom is -0.300 e. The van der Waals surface area contributed by atoms with Gasteiger partial charge < -0.3 is 0 Å². The number of imidazole rings is 1. The molecule has 0 fully saturated rings. The van der Waals surface area contributed by atoms with Crippen LogP contribution in [0, 0.1) is 5.82 Å². The Morgan fingerprint density at radius 2 is 2.06 bits per heavy atom. The molecule has 0 bridgehead atoms. The fourth-order valence-corrected chi connectivity index (χ4v) is 3.42. The summed E-state index contributed by atoms with van der Waals surface area (Å²) >= 11 is 1.77. The molecule has 0 radical (unpaired) electrons. The van der Waals surface area contributed by atoms with Crippen molar-refractivity contribution in [1.29, 1.82) is 0 Å². The molecule has 0 saturated heterocycles. The van der Waals surface area contributed by atoms with E-state index < -0.39 is 0 Å². The zero-order valence-electron chi connectivity index (χ0n) is 9.43. The van der Waals surface area contributed by atoms with Gasteiger partial charge in [0, 0.05) is 22.4 Å². The molecule has 4 rings (SSSR count). The Kier molecular flexibility index (Phi) is 2.02. The third-order valence-electron chi connectivity index (χ3n) is 3.19. The van der Waals surface area contributed by atoms with Gasteiger partial charge in [-0.05, 0) is 18.2 Å². The maximum atomic E-state index is 13.3. The van der Waals surface area contributed by atoms with E-state index in [1.165, 1.54) is 17.2 Å². The van der Waals surface area contributed by atoms with Crippen LogP contribution in [0.5, 0.6) is 0 Å². The number of pyridine rings is 1. The van der Waals surface area contributed by atoms with E-state index >= 15 is 0 Å². The van der Waals surface area contributed by atoms with E-state index in [1.807, 2.05) is 16.5 Å². The van der Waals surface area contributed by atoms with Crippen LogP contribution in [0.4, 0.5) is 4.39 Å². The maximum Gasteiger partial charge on any atom is 0.139 e. The highest BCUT2D eigenvalue weighted by molar-refractivity contribution is 7.98. The number of rotatable bonds is 0. The highest BCUT2D eigenvalue weighted by Gasteiger charge is 2.21. The highest BCUT2D eigenvalue weighted by atomic mass is 32.2. The largest absolute Gasteiger partial charge is 0.300 e. The molecule has 18 heavy (non-hydrogen) atoms. The fourth-order valence-electron chi connectivity index (χ4n) is 2.36. The highest BCUT2D eigenvalue weighted by Crippen LogP contribution is 2.40. The number of hydrogen-bond donors (Lipinski definition) is 0. The van der Waals surface area contributed by atoms with Crippen LogP contribution in [0.2, 0.25) is 0 Å². The van der Waals surface area contributed by atoms with Crippen molar-refractivity contribution in [2.75, 3.05) is 0 Å². The van der Waals surface area contributed by atoms with Gasteiger partial charge in [-0.1, -0.05) is 18.2 Å². The molecule has 4 heteroatoms. The van der Waals surface area contributed by atoms with E-state index in [4.69, 9.17) is 0 Å². The van der Waals surface area contributed by atoms with Gasteiger partial charge in [-0.15, -0.1) is 11.8 Å². The lowest BCUT2D eigenvalue weighted by Crippen LogP contribution is -1.98. The quantitative estimate of drug-likeness (QED) is 0.609. The van der Waals surface area contributed by atoms with Crippen molar-refractivity contribution in [2.45, 2.75) is 10.6 Å². The molecule has 0 aliphatic carbocycles. The lowest BCUT2D eigenvalue weighted by atomic mass is 10.1. The van der Waals surface area contributed by atoms with Crippen LogP contribution in [0.3, 0.4) is 0 Å². The van der Waals surface area contributed by atoms with E-state index in [2.05, 4.69) is 17.1 Å². The summed E-state index contributed by atoms with van der Waals surface area (Å²) in [6.07, 6.45) is 1.51. The lowest BCUT2D eigenvalue weighted by Gasteiger charge is -2.14. The smallest absolute Gasteiger partial charge is 0.139 e. The van der Waals surface area contributed by atoms with Crippen LogP contribution in [0.15, 0.2) is 47.5 Å². The number of fused-ring (bicyclic) bond motifs is 5. The summed E-state index contributed by atoms with van der Waals surface area (Å²) in [5, 5.41) is 0. The van der Waals surface area contributed by atoms with Crippen molar-refractivity contribution >= 4 is 17.4 Å². The molecular formula is C14H9FN2S. The second kappa shape index (κ2) is 3.59. The van der Waals surface area contributed by atoms with Gasteiger partial charge in [-0.3, -0.25) is 4.40 Å². The summed E-state index contributed by atoms with van der Waals surface area (Å²) in [6, 6.07) is 11.4. The minimum atomic E-state index is -0.230. The Balaban J connectivity index is 2.08. The first-order chi connectivity index (χ1) is 8.83. The SMILES string of the molecule is Fc1ccc2nc3c(n2c1)CSc1ccccc1-3. The van der Waals surface area contributed by atoms with Crippen molar-refractivity contribution in [1.82, 2.24) is 9.38 Å². The number of aromatic nitrogens is 2. The second-order valence-electron chi connectivity index (χ2n) is 4.27. The second-order valence-corrected chi connectivity index (χ2v) is 5.28. The zero-order valence-corrected chi connectivity index (χ0v) is 10.2. The Morgan fingerprint density at radius 3 is 3.00 bits per heavy atom. The van der Waals surface area contributed by atoms with Crippen molar-refractivity contribution in [3.05, 3.63) is 54.1 Å². The molecule has 88 valence electrons. The third-order valence-corrected chi connectivity index (χ3v) is 4.27. The molecule has 0 atom stereocenters. The van der Waals surface area contributed by atoms with Crippen LogP contribution >= 0.6 is 11.8 Å². The Labute approximate surface area is 107 Å². The first-order valence-electron chi connectivity index (χ1n) is 5.71. The number of hydrogen-bond acceptors (Lipinski definition) is 2. The molecule has 3 heterocycles. The predicted molar refractivity (Wildman–Crippen MR) is 70.1 cm³/mol.